The van der Waals surface area contributed by atoms with E-state index in [1.54, 1.807) is 6.92 Å². The fourth-order valence-corrected chi connectivity index (χ4v) is 2.29. The van der Waals surface area contributed by atoms with Gasteiger partial charge in [-0.15, -0.1) is 0 Å². The molecule has 0 fully saturated rings. The van der Waals surface area contributed by atoms with E-state index in [0.29, 0.717) is 5.57 Å². The Morgan fingerprint density at radius 1 is 1.62 bits per heavy atom. The lowest BCUT2D eigenvalue weighted by Crippen LogP contribution is -2.16. The van der Waals surface area contributed by atoms with Crippen molar-refractivity contribution in [3.05, 3.63) is 23.5 Å². The van der Waals surface area contributed by atoms with Gasteiger partial charge in [-0.1, -0.05) is 30.8 Å². The molecule has 0 saturated heterocycles. The lowest BCUT2D eigenvalue weighted by Gasteiger charge is -2.17. The highest BCUT2D eigenvalue weighted by molar-refractivity contribution is 8.16. The van der Waals surface area contributed by atoms with Gasteiger partial charge < -0.3 is 5.11 Å². The average molecular weight is 198 g/mol. The molecule has 0 bridgehead atoms. The normalized spacial score (nSPS) is 29.3. The number of aliphatic hydroxyl groups is 1. The molecule has 1 heterocycles. The van der Waals surface area contributed by atoms with E-state index in [2.05, 4.69) is 0 Å². The van der Waals surface area contributed by atoms with Gasteiger partial charge in [-0.3, -0.25) is 4.79 Å². The number of allylic oxidation sites excluding steroid dienone is 1. The first-order chi connectivity index (χ1) is 6.01. The molecule has 1 aliphatic rings. The molecule has 0 unspecified atom stereocenters. The third-order valence-electron chi connectivity index (χ3n) is 2.11. The van der Waals surface area contributed by atoms with Gasteiger partial charge in [-0.2, -0.15) is 0 Å². The number of hydrogen-bond donors (Lipinski definition) is 1. The van der Waals surface area contributed by atoms with Crippen molar-refractivity contribution >= 4 is 16.9 Å². The third kappa shape index (κ3) is 1.80. The molecule has 72 valence electrons. The molecule has 2 nitrogen and oxygen atoms in total. The second-order valence-corrected chi connectivity index (χ2v) is 4.70. The first kappa shape index (κ1) is 10.4. The largest absolute Gasteiger partial charge is 0.510 e. The maximum atomic E-state index is 11.3. The Kier molecular flexibility index (Phi) is 2.86. The summed E-state index contributed by atoms with van der Waals surface area (Å²) in [5.74, 6) is 0.201. The van der Waals surface area contributed by atoms with E-state index in [1.807, 2.05) is 26.0 Å². The molecule has 0 aliphatic carbocycles. The summed E-state index contributed by atoms with van der Waals surface area (Å²) < 4.78 is -0.531. The number of rotatable bonds is 2. The van der Waals surface area contributed by atoms with E-state index in [1.165, 1.54) is 11.8 Å². The highest BCUT2D eigenvalue weighted by Crippen LogP contribution is 2.43. The molecular formula is C10H14O2S. The van der Waals surface area contributed by atoms with Gasteiger partial charge in [0.05, 0.1) is 4.75 Å². The molecular weight excluding hydrogens is 184 g/mol. The number of aliphatic hydroxyl groups excluding tert-OH is 1. The molecule has 13 heavy (non-hydrogen) atoms. The van der Waals surface area contributed by atoms with E-state index >= 15 is 0 Å². The molecule has 3 heteroatoms. The van der Waals surface area contributed by atoms with Crippen LogP contribution in [0.1, 0.15) is 27.2 Å². The predicted octanol–water partition coefficient (Wildman–Crippen LogP) is 2.82. The van der Waals surface area contributed by atoms with Crippen molar-refractivity contribution in [1.29, 1.82) is 0 Å². The van der Waals surface area contributed by atoms with Crippen molar-refractivity contribution < 1.29 is 9.90 Å². The second-order valence-electron chi connectivity index (χ2n) is 3.28. The Hall–Kier alpha value is -0.700. The Labute approximate surface area is 82.7 Å². The first-order valence-electron chi connectivity index (χ1n) is 4.32. The van der Waals surface area contributed by atoms with Gasteiger partial charge in [0.2, 0.25) is 5.12 Å². The summed E-state index contributed by atoms with van der Waals surface area (Å²) in [6.45, 7) is 5.54. The molecule has 0 spiro atoms. The number of carbonyl (C=O) groups is 1. The minimum absolute atomic E-state index is 0.0271. The molecule has 0 saturated carbocycles. The van der Waals surface area contributed by atoms with Gasteiger partial charge in [0, 0.05) is 5.57 Å². The highest BCUT2D eigenvalue weighted by Gasteiger charge is 2.39. The summed E-state index contributed by atoms with van der Waals surface area (Å²) >= 11 is 1.17. The van der Waals surface area contributed by atoms with Crippen molar-refractivity contribution in [2.75, 3.05) is 0 Å². The van der Waals surface area contributed by atoms with E-state index in [4.69, 9.17) is 0 Å². The van der Waals surface area contributed by atoms with Crippen LogP contribution in [0.2, 0.25) is 0 Å². The fraction of sp³-hybridized carbons (Fsp3) is 0.500. The van der Waals surface area contributed by atoms with Crippen molar-refractivity contribution in [2.24, 2.45) is 0 Å². The number of hydrogen-bond acceptors (Lipinski definition) is 3. The van der Waals surface area contributed by atoms with Crippen molar-refractivity contribution in [3.63, 3.8) is 0 Å². The van der Waals surface area contributed by atoms with Gasteiger partial charge in [0.15, 0.2) is 0 Å². The third-order valence-corrected chi connectivity index (χ3v) is 3.35. The molecule has 1 atom stereocenters. The molecule has 0 aromatic carbocycles. The Balaban J connectivity index is 2.96. The summed E-state index contributed by atoms with van der Waals surface area (Å²) in [6, 6.07) is 0. The molecule has 0 radical (unpaired) electrons. The van der Waals surface area contributed by atoms with Gasteiger partial charge in [0.25, 0.3) is 0 Å². The lowest BCUT2D eigenvalue weighted by atomic mass is 10.0. The van der Waals surface area contributed by atoms with E-state index in [-0.39, 0.29) is 10.9 Å². The SMILES string of the molecule is CC/C=C/[C@@]1(C)SC(=O)C(C)=C1O. The zero-order valence-electron chi connectivity index (χ0n) is 8.13. The van der Waals surface area contributed by atoms with E-state index in [0.717, 1.165) is 6.42 Å². The summed E-state index contributed by atoms with van der Waals surface area (Å²) in [5.41, 5.74) is 0.480. The summed E-state index contributed by atoms with van der Waals surface area (Å²) in [7, 11) is 0. The minimum atomic E-state index is -0.531. The smallest absolute Gasteiger partial charge is 0.219 e. The van der Waals surface area contributed by atoms with Crippen LogP contribution >= 0.6 is 11.8 Å². The van der Waals surface area contributed by atoms with Gasteiger partial charge in [-0.05, 0) is 20.3 Å². The lowest BCUT2D eigenvalue weighted by molar-refractivity contribution is -0.107. The van der Waals surface area contributed by atoms with Crippen LogP contribution < -0.4 is 0 Å². The topological polar surface area (TPSA) is 37.3 Å². The van der Waals surface area contributed by atoms with Crippen LogP contribution in [0.3, 0.4) is 0 Å². The number of thioether (sulfide) groups is 1. The Bertz CT molecular complexity index is 291. The fourth-order valence-electron chi connectivity index (χ4n) is 1.24. The van der Waals surface area contributed by atoms with Crippen LogP contribution in [0.15, 0.2) is 23.5 Å². The van der Waals surface area contributed by atoms with E-state index in [9.17, 15) is 9.90 Å². The molecule has 0 aromatic heterocycles. The molecule has 0 amide bonds. The first-order valence-corrected chi connectivity index (χ1v) is 5.14. The Morgan fingerprint density at radius 3 is 2.62 bits per heavy atom. The summed E-state index contributed by atoms with van der Waals surface area (Å²) in [5, 5.41) is 9.67. The number of carbonyl (C=O) groups excluding carboxylic acids is 1. The van der Waals surface area contributed by atoms with Crippen LogP contribution in [0.25, 0.3) is 0 Å². The zero-order chi connectivity index (χ0) is 10.1. The Morgan fingerprint density at radius 2 is 2.23 bits per heavy atom. The summed E-state index contributed by atoms with van der Waals surface area (Å²) in [4.78, 5) is 11.3. The maximum Gasteiger partial charge on any atom is 0.219 e. The highest BCUT2D eigenvalue weighted by atomic mass is 32.2. The molecule has 1 aliphatic heterocycles. The van der Waals surface area contributed by atoms with Crippen LogP contribution in [0, 0.1) is 0 Å². The van der Waals surface area contributed by atoms with Crippen molar-refractivity contribution in [3.8, 4) is 0 Å². The quantitative estimate of drug-likeness (QED) is 0.693. The van der Waals surface area contributed by atoms with Crippen LogP contribution in [0.5, 0.6) is 0 Å². The maximum absolute atomic E-state index is 11.3. The molecule has 1 rings (SSSR count). The summed E-state index contributed by atoms with van der Waals surface area (Å²) in [6.07, 6.45) is 4.77. The molecule has 0 aromatic rings. The zero-order valence-corrected chi connectivity index (χ0v) is 8.94. The molecule has 1 N–H and O–H groups in total. The monoisotopic (exact) mass is 198 g/mol. The minimum Gasteiger partial charge on any atom is -0.510 e. The standard InChI is InChI=1S/C10H14O2S/c1-4-5-6-10(3)8(11)7(2)9(12)13-10/h5-6,11H,4H2,1-3H3/b6-5+/t10-/m1/s1. The van der Waals surface area contributed by atoms with Crippen LogP contribution in [-0.4, -0.2) is 15.0 Å². The van der Waals surface area contributed by atoms with Gasteiger partial charge >= 0.3 is 0 Å². The van der Waals surface area contributed by atoms with Gasteiger partial charge in [0.1, 0.15) is 5.76 Å². The predicted molar refractivity (Wildman–Crippen MR) is 55.8 cm³/mol. The van der Waals surface area contributed by atoms with Gasteiger partial charge in [-0.25, -0.2) is 0 Å². The van der Waals surface area contributed by atoms with Crippen LogP contribution in [0.4, 0.5) is 0 Å². The van der Waals surface area contributed by atoms with Crippen molar-refractivity contribution in [2.45, 2.75) is 31.9 Å². The average Bonchev–Trinajstić information content (AvgIpc) is 2.28. The van der Waals surface area contributed by atoms with Crippen LogP contribution in [-0.2, 0) is 4.79 Å². The van der Waals surface area contributed by atoms with E-state index < -0.39 is 4.75 Å². The van der Waals surface area contributed by atoms with Crippen molar-refractivity contribution in [1.82, 2.24) is 0 Å². The second kappa shape index (κ2) is 3.58.